The number of rotatable bonds is 6. The Morgan fingerprint density at radius 1 is 1.19 bits per heavy atom. The molecule has 0 unspecified atom stereocenters. The molecule has 0 bridgehead atoms. The van der Waals surface area contributed by atoms with E-state index in [1.54, 1.807) is 6.26 Å². The maximum Gasteiger partial charge on any atom is 0.230 e. The third-order valence-electron chi connectivity index (χ3n) is 6.36. The molecule has 31 heavy (non-hydrogen) atoms. The number of nitrogens with zero attached hydrogens (tertiary/aromatic N) is 1. The average Bonchev–Trinajstić information content (AvgIpc) is 3.52. The molecule has 4 nitrogen and oxygen atoms in total. The summed E-state index contributed by atoms with van der Waals surface area (Å²) in [5.74, 6) is 0.482. The topological polar surface area (TPSA) is 55.1 Å². The molecule has 5 rings (SSSR count). The normalized spacial score (nSPS) is 14.0. The van der Waals surface area contributed by atoms with Crippen LogP contribution in [0.5, 0.6) is 0 Å². The number of carbonyl (C=O) groups excluding carboxylic acids is 1. The highest BCUT2D eigenvalue weighted by molar-refractivity contribution is 7.14. The molecule has 0 aliphatic heterocycles. The number of anilines is 1. The Hall–Kier alpha value is -2.92. The molecule has 2 aromatic heterocycles. The van der Waals surface area contributed by atoms with Gasteiger partial charge in [-0.05, 0) is 60.4 Å². The number of aromatic nitrogens is 1. The molecule has 0 fully saturated rings. The summed E-state index contributed by atoms with van der Waals surface area (Å²) in [6, 6.07) is 12.9. The molecule has 2 heterocycles. The summed E-state index contributed by atoms with van der Waals surface area (Å²) < 4.78 is 5.73. The Kier molecular flexibility index (Phi) is 5.36. The number of carbonyl (C=O) groups is 1. The van der Waals surface area contributed by atoms with E-state index in [1.807, 2.05) is 5.38 Å². The Morgan fingerprint density at radius 3 is 2.74 bits per heavy atom. The van der Waals surface area contributed by atoms with Gasteiger partial charge in [0.1, 0.15) is 5.58 Å². The number of benzene rings is 2. The summed E-state index contributed by atoms with van der Waals surface area (Å²) >= 11 is 1.45. The first-order chi connectivity index (χ1) is 15.1. The first-order valence-electron chi connectivity index (χ1n) is 11.0. The van der Waals surface area contributed by atoms with E-state index in [1.165, 1.54) is 34.4 Å². The standard InChI is InChI=1S/C26H26N2O2S/c1-3-16(2)17-7-9-18(10-8-17)23-15-31-26(27-23)28-25(29)13-21-14-30-24-12-20-6-4-5-19(20)11-22(21)24/h7-12,14-16H,3-6,13H2,1-2H3,(H,27,28,29)/t16-/m1/s1. The molecule has 4 aromatic rings. The maximum absolute atomic E-state index is 12.7. The fraction of sp³-hybridized carbons (Fsp3) is 0.308. The summed E-state index contributed by atoms with van der Waals surface area (Å²) in [4.78, 5) is 17.3. The molecule has 0 spiro atoms. The number of amides is 1. The molecular weight excluding hydrogens is 404 g/mol. The minimum Gasteiger partial charge on any atom is -0.464 e. The highest BCUT2D eigenvalue weighted by Crippen LogP contribution is 2.31. The number of nitrogens with one attached hydrogen (secondary N) is 1. The lowest BCUT2D eigenvalue weighted by Gasteiger charge is -2.08. The summed E-state index contributed by atoms with van der Waals surface area (Å²) in [6.45, 7) is 4.44. The van der Waals surface area contributed by atoms with Crippen LogP contribution in [-0.2, 0) is 24.1 Å². The van der Waals surface area contributed by atoms with Crippen LogP contribution in [0.25, 0.3) is 22.2 Å². The molecule has 158 valence electrons. The van der Waals surface area contributed by atoms with E-state index in [9.17, 15) is 4.79 Å². The number of aryl methyl sites for hydroxylation is 2. The van der Waals surface area contributed by atoms with Crippen molar-refractivity contribution >= 4 is 33.3 Å². The van der Waals surface area contributed by atoms with Gasteiger partial charge in [-0.3, -0.25) is 4.79 Å². The summed E-state index contributed by atoms with van der Waals surface area (Å²) in [6.07, 6.45) is 6.55. The molecular formula is C26H26N2O2S. The van der Waals surface area contributed by atoms with Crippen molar-refractivity contribution in [3.8, 4) is 11.3 Å². The van der Waals surface area contributed by atoms with Crippen molar-refractivity contribution in [2.75, 3.05) is 5.32 Å². The van der Waals surface area contributed by atoms with Gasteiger partial charge in [-0.1, -0.05) is 38.1 Å². The molecule has 1 aliphatic rings. The van der Waals surface area contributed by atoms with Crippen molar-refractivity contribution in [2.45, 2.75) is 51.9 Å². The SMILES string of the molecule is CC[C@@H](C)c1ccc(-c2csc(NC(=O)Cc3coc4cc5c(cc34)CCC5)n2)cc1. The smallest absolute Gasteiger partial charge is 0.230 e. The van der Waals surface area contributed by atoms with E-state index in [-0.39, 0.29) is 12.3 Å². The summed E-state index contributed by atoms with van der Waals surface area (Å²) in [5.41, 5.74) is 7.87. The van der Waals surface area contributed by atoms with Crippen molar-refractivity contribution in [2.24, 2.45) is 0 Å². The van der Waals surface area contributed by atoms with Crippen LogP contribution in [0.1, 0.15) is 54.9 Å². The molecule has 1 amide bonds. The van der Waals surface area contributed by atoms with Gasteiger partial charge in [0.2, 0.25) is 5.91 Å². The van der Waals surface area contributed by atoms with Crippen molar-refractivity contribution in [3.05, 3.63) is 70.3 Å². The second-order valence-corrected chi connectivity index (χ2v) is 9.28. The number of hydrogen-bond donors (Lipinski definition) is 1. The van der Waals surface area contributed by atoms with Gasteiger partial charge in [-0.2, -0.15) is 0 Å². The minimum atomic E-state index is -0.0729. The maximum atomic E-state index is 12.7. The van der Waals surface area contributed by atoms with Gasteiger partial charge in [0, 0.05) is 21.9 Å². The van der Waals surface area contributed by atoms with E-state index in [2.05, 4.69) is 60.5 Å². The lowest BCUT2D eigenvalue weighted by atomic mass is 9.97. The zero-order valence-electron chi connectivity index (χ0n) is 17.9. The van der Waals surface area contributed by atoms with Crippen LogP contribution >= 0.6 is 11.3 Å². The average molecular weight is 431 g/mol. The Bertz CT molecular complexity index is 1240. The number of hydrogen-bond acceptors (Lipinski definition) is 4. The zero-order chi connectivity index (χ0) is 21.4. The first kappa shape index (κ1) is 20.0. The van der Waals surface area contributed by atoms with E-state index >= 15 is 0 Å². The highest BCUT2D eigenvalue weighted by Gasteiger charge is 2.17. The van der Waals surface area contributed by atoms with Crippen molar-refractivity contribution < 1.29 is 9.21 Å². The number of fused-ring (bicyclic) bond motifs is 2. The van der Waals surface area contributed by atoms with Crippen LogP contribution < -0.4 is 5.32 Å². The Labute approximate surface area is 186 Å². The largest absolute Gasteiger partial charge is 0.464 e. The van der Waals surface area contributed by atoms with Crippen LogP contribution in [0.2, 0.25) is 0 Å². The molecule has 0 radical (unpaired) electrons. The molecule has 1 aliphatic carbocycles. The molecule has 1 N–H and O–H groups in total. The van der Waals surface area contributed by atoms with Crippen LogP contribution in [0, 0.1) is 0 Å². The predicted molar refractivity (Wildman–Crippen MR) is 127 cm³/mol. The van der Waals surface area contributed by atoms with E-state index in [0.29, 0.717) is 11.0 Å². The highest BCUT2D eigenvalue weighted by atomic mass is 32.1. The molecule has 5 heteroatoms. The fourth-order valence-electron chi connectivity index (χ4n) is 4.30. The van der Waals surface area contributed by atoms with E-state index in [0.717, 1.165) is 47.1 Å². The van der Waals surface area contributed by atoms with Crippen molar-refractivity contribution in [1.82, 2.24) is 4.98 Å². The van der Waals surface area contributed by atoms with Gasteiger partial charge in [-0.25, -0.2) is 4.98 Å². The van der Waals surface area contributed by atoms with Gasteiger partial charge < -0.3 is 9.73 Å². The Balaban J connectivity index is 1.27. The quantitative estimate of drug-likeness (QED) is 0.368. The minimum absolute atomic E-state index is 0.0729. The third kappa shape index (κ3) is 4.02. The van der Waals surface area contributed by atoms with Crippen LogP contribution in [0.4, 0.5) is 5.13 Å². The van der Waals surface area contributed by atoms with Gasteiger partial charge in [-0.15, -0.1) is 11.3 Å². The van der Waals surface area contributed by atoms with Crippen LogP contribution in [0.15, 0.2) is 52.5 Å². The molecule has 2 aromatic carbocycles. The lowest BCUT2D eigenvalue weighted by Crippen LogP contribution is -2.14. The second kappa shape index (κ2) is 8.31. The van der Waals surface area contributed by atoms with E-state index < -0.39 is 0 Å². The monoisotopic (exact) mass is 430 g/mol. The van der Waals surface area contributed by atoms with Crippen molar-refractivity contribution in [3.63, 3.8) is 0 Å². The van der Waals surface area contributed by atoms with Crippen molar-refractivity contribution in [1.29, 1.82) is 0 Å². The summed E-state index contributed by atoms with van der Waals surface area (Å²) in [7, 11) is 0. The molecule has 1 atom stereocenters. The van der Waals surface area contributed by atoms with Gasteiger partial charge >= 0.3 is 0 Å². The predicted octanol–water partition coefficient (Wildman–Crippen LogP) is 6.74. The van der Waals surface area contributed by atoms with Crippen LogP contribution in [-0.4, -0.2) is 10.9 Å². The fourth-order valence-corrected chi connectivity index (χ4v) is 5.04. The molecule has 0 saturated heterocycles. The van der Waals surface area contributed by atoms with Crippen LogP contribution in [0.3, 0.4) is 0 Å². The van der Waals surface area contributed by atoms with Gasteiger partial charge in [0.15, 0.2) is 5.13 Å². The third-order valence-corrected chi connectivity index (χ3v) is 7.12. The van der Waals surface area contributed by atoms with E-state index in [4.69, 9.17) is 4.42 Å². The first-order valence-corrected chi connectivity index (χ1v) is 11.9. The second-order valence-electron chi connectivity index (χ2n) is 8.43. The van der Waals surface area contributed by atoms with Gasteiger partial charge in [0.05, 0.1) is 18.4 Å². The molecule has 0 saturated carbocycles. The van der Waals surface area contributed by atoms with Gasteiger partial charge in [0.25, 0.3) is 0 Å². The summed E-state index contributed by atoms with van der Waals surface area (Å²) in [5, 5.41) is 6.62. The lowest BCUT2D eigenvalue weighted by molar-refractivity contribution is -0.115. The Morgan fingerprint density at radius 2 is 1.97 bits per heavy atom. The number of furan rings is 1. The number of thiazole rings is 1. The zero-order valence-corrected chi connectivity index (χ0v) is 18.7.